The maximum atomic E-state index is 6.23. The molecule has 0 radical (unpaired) electrons. The second-order valence-corrected chi connectivity index (χ2v) is 7.85. The molecule has 1 saturated carbocycles. The van der Waals surface area contributed by atoms with Gasteiger partial charge in [-0.15, -0.1) is 0 Å². The number of nitrogens with zero attached hydrogens (tertiary/aromatic N) is 1. The zero-order valence-corrected chi connectivity index (χ0v) is 15.1. The summed E-state index contributed by atoms with van der Waals surface area (Å²) in [6.45, 7) is 4.17. The molecule has 120 valence electrons. The van der Waals surface area contributed by atoms with Gasteiger partial charge in [0.15, 0.2) is 0 Å². The van der Waals surface area contributed by atoms with E-state index in [0.29, 0.717) is 0 Å². The monoisotopic (exact) mass is 336 g/mol. The van der Waals surface area contributed by atoms with Crippen LogP contribution < -0.4 is 5.32 Å². The molecule has 0 aromatic heterocycles. The van der Waals surface area contributed by atoms with Crippen LogP contribution in [0.15, 0.2) is 29.8 Å². The van der Waals surface area contributed by atoms with E-state index in [0.717, 1.165) is 18.1 Å². The van der Waals surface area contributed by atoms with Gasteiger partial charge in [0.05, 0.1) is 5.54 Å². The Bertz CT molecular complexity index is 564. The molecule has 1 aromatic carbocycles. The number of halogens is 1. The van der Waals surface area contributed by atoms with Crippen molar-refractivity contribution in [3.63, 3.8) is 0 Å². The van der Waals surface area contributed by atoms with Crippen molar-refractivity contribution in [2.75, 3.05) is 20.1 Å². The average molecular weight is 337 g/mol. The van der Waals surface area contributed by atoms with Gasteiger partial charge < -0.3 is 5.32 Å². The fraction of sp³-hybridized carbons (Fsp3) is 0.556. The topological polar surface area (TPSA) is 15.3 Å². The molecule has 1 aliphatic carbocycles. The first kappa shape index (κ1) is 16.4. The van der Waals surface area contributed by atoms with Crippen LogP contribution >= 0.6 is 23.5 Å². The van der Waals surface area contributed by atoms with E-state index >= 15 is 0 Å². The van der Waals surface area contributed by atoms with Crippen molar-refractivity contribution in [2.45, 2.75) is 44.6 Å². The molecule has 22 heavy (non-hydrogen) atoms. The van der Waals surface area contributed by atoms with Gasteiger partial charge in [-0.3, -0.25) is 0 Å². The molecule has 3 rings (SSSR count). The predicted molar refractivity (Wildman–Crippen MR) is 98.1 cm³/mol. The van der Waals surface area contributed by atoms with Crippen molar-refractivity contribution in [3.8, 4) is 0 Å². The Labute approximate surface area is 143 Å². The Morgan fingerprint density at radius 3 is 2.73 bits per heavy atom. The van der Waals surface area contributed by atoms with Crippen LogP contribution in [0.4, 0.5) is 0 Å². The summed E-state index contributed by atoms with van der Waals surface area (Å²) in [5.74, 6) is 0. The van der Waals surface area contributed by atoms with E-state index in [1.54, 1.807) is 5.57 Å². The van der Waals surface area contributed by atoms with E-state index in [1.165, 1.54) is 42.6 Å². The first-order chi connectivity index (χ1) is 10.7. The summed E-state index contributed by atoms with van der Waals surface area (Å²) in [6, 6.07) is 8.30. The van der Waals surface area contributed by atoms with E-state index in [-0.39, 0.29) is 5.54 Å². The van der Waals surface area contributed by atoms with Gasteiger partial charge in [0.1, 0.15) is 0 Å². The summed E-state index contributed by atoms with van der Waals surface area (Å²) in [7, 11) is 2.26. The lowest BCUT2D eigenvalue weighted by Crippen LogP contribution is -2.45. The molecule has 0 unspecified atom stereocenters. The van der Waals surface area contributed by atoms with Crippen LogP contribution in [0.1, 0.15) is 44.6 Å². The van der Waals surface area contributed by atoms with Gasteiger partial charge in [-0.2, -0.15) is 0 Å². The van der Waals surface area contributed by atoms with Crippen molar-refractivity contribution < 1.29 is 0 Å². The Morgan fingerprint density at radius 2 is 2.05 bits per heavy atom. The quantitative estimate of drug-likeness (QED) is 0.782. The van der Waals surface area contributed by atoms with Crippen LogP contribution in [0.2, 0.25) is 5.02 Å². The van der Waals surface area contributed by atoms with Gasteiger partial charge in [-0.1, -0.05) is 49.9 Å². The van der Waals surface area contributed by atoms with Gasteiger partial charge in [0, 0.05) is 16.5 Å². The smallest absolute Gasteiger partial charge is 0.0548 e. The maximum Gasteiger partial charge on any atom is 0.0548 e. The average Bonchev–Trinajstić information content (AvgIpc) is 2.79. The summed E-state index contributed by atoms with van der Waals surface area (Å²) in [5.41, 5.74) is 3.08. The molecule has 0 atom stereocenters. The second kappa shape index (κ2) is 6.96. The van der Waals surface area contributed by atoms with Crippen molar-refractivity contribution in [3.05, 3.63) is 40.4 Å². The van der Waals surface area contributed by atoms with Crippen molar-refractivity contribution in [1.29, 1.82) is 0 Å². The van der Waals surface area contributed by atoms with Crippen molar-refractivity contribution in [1.82, 2.24) is 9.62 Å². The zero-order chi connectivity index (χ0) is 15.6. The molecule has 0 bridgehead atoms. The first-order valence-electron chi connectivity index (χ1n) is 8.29. The van der Waals surface area contributed by atoms with Gasteiger partial charge >= 0.3 is 0 Å². The maximum absolute atomic E-state index is 6.23. The first-order valence-corrected chi connectivity index (χ1v) is 9.44. The highest BCUT2D eigenvalue weighted by Gasteiger charge is 2.46. The third kappa shape index (κ3) is 2.96. The molecule has 2 aliphatic rings. The molecular formula is C18H25ClN2S. The summed E-state index contributed by atoms with van der Waals surface area (Å²) in [6.07, 6.45) is 6.61. The minimum absolute atomic E-state index is 0.239. The number of nitrogens with one attached hydrogen (secondary N) is 1. The van der Waals surface area contributed by atoms with Gasteiger partial charge in [-0.05, 0) is 61.7 Å². The largest absolute Gasteiger partial charge is 0.313 e. The van der Waals surface area contributed by atoms with Gasteiger partial charge in [-0.25, -0.2) is 4.31 Å². The lowest BCUT2D eigenvalue weighted by molar-refractivity contribution is 0.208. The Hall–Kier alpha value is -0.480. The Kier molecular flexibility index (Phi) is 5.18. The highest BCUT2D eigenvalue weighted by atomic mass is 35.5. The van der Waals surface area contributed by atoms with E-state index in [9.17, 15) is 0 Å². The zero-order valence-electron chi connectivity index (χ0n) is 13.5. The summed E-state index contributed by atoms with van der Waals surface area (Å²) in [5, 5.41) is 4.39. The minimum atomic E-state index is 0.239. The van der Waals surface area contributed by atoms with Crippen LogP contribution in [0.5, 0.6) is 0 Å². The fourth-order valence-electron chi connectivity index (χ4n) is 3.79. The van der Waals surface area contributed by atoms with Crippen molar-refractivity contribution in [2.24, 2.45) is 0 Å². The Morgan fingerprint density at radius 1 is 1.27 bits per heavy atom. The SMILES string of the molecule is CCNCC1=C(c2cccc(Cl)c2)SN(C)C12CCCCC2. The molecule has 1 spiro atoms. The third-order valence-corrected chi connectivity index (χ3v) is 6.51. The molecule has 2 nitrogen and oxygen atoms in total. The molecule has 1 aliphatic heterocycles. The molecule has 1 fully saturated rings. The highest BCUT2D eigenvalue weighted by molar-refractivity contribution is 8.06. The number of benzene rings is 1. The van der Waals surface area contributed by atoms with Crippen LogP contribution in [-0.2, 0) is 0 Å². The second-order valence-electron chi connectivity index (χ2n) is 6.28. The molecule has 0 amide bonds. The third-order valence-electron chi connectivity index (χ3n) is 4.99. The normalized spacial score (nSPS) is 21.8. The van der Waals surface area contributed by atoms with Gasteiger partial charge in [0.2, 0.25) is 0 Å². The molecule has 1 N–H and O–H groups in total. The van der Waals surface area contributed by atoms with Gasteiger partial charge in [0.25, 0.3) is 0 Å². The lowest BCUT2D eigenvalue weighted by atomic mass is 9.75. The summed E-state index contributed by atoms with van der Waals surface area (Å²) >= 11 is 8.13. The van der Waals surface area contributed by atoms with Crippen LogP contribution in [-0.4, -0.2) is 30.0 Å². The minimum Gasteiger partial charge on any atom is -0.313 e. The van der Waals surface area contributed by atoms with Crippen LogP contribution in [0.3, 0.4) is 0 Å². The number of hydrogen-bond donors (Lipinski definition) is 1. The van der Waals surface area contributed by atoms with Crippen LogP contribution in [0, 0.1) is 0 Å². The number of likely N-dealkylation sites (N-methyl/N-ethyl adjacent to an activating group) is 2. The number of rotatable bonds is 4. The Balaban J connectivity index is 2.04. The molecular weight excluding hydrogens is 312 g/mol. The summed E-state index contributed by atoms with van der Waals surface area (Å²) < 4.78 is 2.51. The van der Waals surface area contributed by atoms with Crippen LogP contribution in [0.25, 0.3) is 4.91 Å². The summed E-state index contributed by atoms with van der Waals surface area (Å²) in [4.78, 5) is 1.41. The molecule has 1 aromatic rings. The van der Waals surface area contributed by atoms with E-state index in [4.69, 9.17) is 11.6 Å². The van der Waals surface area contributed by atoms with E-state index in [2.05, 4.69) is 41.8 Å². The molecule has 1 heterocycles. The number of hydrogen-bond acceptors (Lipinski definition) is 3. The van der Waals surface area contributed by atoms with E-state index in [1.807, 2.05) is 18.0 Å². The fourth-order valence-corrected chi connectivity index (χ4v) is 5.32. The molecule has 0 saturated heterocycles. The standard InChI is InChI=1S/C18H25ClN2S/c1-3-20-13-16-17(14-8-7-9-15(19)12-14)22-21(2)18(16)10-5-4-6-11-18/h7-9,12,20H,3-6,10-11,13H2,1-2H3. The van der Waals surface area contributed by atoms with E-state index < -0.39 is 0 Å². The highest BCUT2D eigenvalue weighted by Crippen LogP contribution is 2.54. The lowest BCUT2D eigenvalue weighted by Gasteiger charge is -2.41. The van der Waals surface area contributed by atoms with Crippen molar-refractivity contribution >= 4 is 28.5 Å². The predicted octanol–water partition coefficient (Wildman–Crippen LogP) is 4.96. The molecule has 4 heteroatoms.